The van der Waals surface area contributed by atoms with E-state index < -0.39 is 49.9 Å². The summed E-state index contributed by atoms with van der Waals surface area (Å²) in [6.07, 6.45) is -1.26. The number of aliphatic carboxylic acids is 1. The lowest BCUT2D eigenvalue weighted by atomic mass is 10.3. The van der Waals surface area contributed by atoms with Crippen LogP contribution < -0.4 is 0 Å². The summed E-state index contributed by atoms with van der Waals surface area (Å²) < 4.78 is 18.1. The molecule has 12 nitrogen and oxygen atoms in total. The third-order valence-corrected chi connectivity index (χ3v) is 2.57. The number of carbonyl (C=O) groups is 5. The van der Waals surface area contributed by atoms with E-state index in [9.17, 15) is 24.0 Å². The van der Waals surface area contributed by atoms with Gasteiger partial charge < -0.3 is 24.1 Å². The molecule has 0 aliphatic carbocycles. The average Bonchev–Trinajstić information content (AvgIpc) is 2.58. The summed E-state index contributed by atoms with van der Waals surface area (Å²) in [5, 5.41) is 16.4. The topological polar surface area (TPSA) is 172 Å². The number of hydrogen-bond acceptors (Lipinski definition) is 11. The highest BCUT2D eigenvalue weighted by Crippen LogP contribution is 1.99. The molecule has 0 radical (unpaired) electrons. The molecular formula is C14H20O12. The first kappa shape index (κ1) is 23.3. The van der Waals surface area contributed by atoms with Gasteiger partial charge in [-0.2, -0.15) is 0 Å². The van der Waals surface area contributed by atoms with Crippen molar-refractivity contribution < 1.29 is 58.2 Å². The Bertz CT molecular complexity index is 486. The molecule has 0 aromatic heterocycles. The molecule has 0 saturated heterocycles. The van der Waals surface area contributed by atoms with Crippen LogP contribution in [0.1, 0.15) is 38.5 Å². The van der Waals surface area contributed by atoms with Gasteiger partial charge in [-0.15, -0.1) is 0 Å². The fourth-order valence-electron chi connectivity index (χ4n) is 1.30. The molecular weight excluding hydrogens is 360 g/mol. The first-order valence-corrected chi connectivity index (χ1v) is 7.45. The van der Waals surface area contributed by atoms with Crippen LogP contribution in [0.4, 0.5) is 0 Å². The third kappa shape index (κ3) is 14.8. The molecule has 0 aromatic rings. The summed E-state index contributed by atoms with van der Waals surface area (Å²) in [7, 11) is 0. The minimum Gasteiger partial charge on any atom is -0.481 e. The lowest BCUT2D eigenvalue weighted by Crippen LogP contribution is -2.16. The van der Waals surface area contributed by atoms with Crippen LogP contribution in [-0.4, -0.2) is 60.4 Å². The van der Waals surface area contributed by atoms with Crippen LogP contribution in [0.3, 0.4) is 0 Å². The third-order valence-electron chi connectivity index (χ3n) is 2.57. The van der Waals surface area contributed by atoms with Gasteiger partial charge in [0.1, 0.15) is 0 Å². The van der Waals surface area contributed by atoms with Crippen LogP contribution in [0, 0.1) is 0 Å². The fourth-order valence-corrected chi connectivity index (χ4v) is 1.30. The summed E-state index contributed by atoms with van der Waals surface area (Å²) in [6, 6.07) is 0. The van der Waals surface area contributed by atoms with Gasteiger partial charge >= 0.3 is 29.8 Å². The zero-order chi connectivity index (χ0) is 19.8. The van der Waals surface area contributed by atoms with E-state index in [2.05, 4.69) is 23.8 Å². The van der Waals surface area contributed by atoms with Crippen LogP contribution in [0.5, 0.6) is 0 Å². The van der Waals surface area contributed by atoms with Crippen molar-refractivity contribution >= 4 is 29.8 Å². The molecule has 2 N–H and O–H groups in total. The SMILES string of the molecule is O=C(O)CCC(=O)OCOC(=O)CCC(=O)OCOC(=O)CCCOO. The van der Waals surface area contributed by atoms with Gasteiger partial charge in [-0.25, -0.2) is 4.89 Å². The molecule has 0 fully saturated rings. The largest absolute Gasteiger partial charge is 0.481 e. The molecule has 0 aliphatic rings. The highest BCUT2D eigenvalue weighted by atomic mass is 17.1. The van der Waals surface area contributed by atoms with Crippen molar-refractivity contribution in [3.8, 4) is 0 Å². The first-order valence-electron chi connectivity index (χ1n) is 7.45. The molecule has 26 heavy (non-hydrogen) atoms. The number of rotatable bonds is 14. The van der Waals surface area contributed by atoms with Crippen LogP contribution in [0.25, 0.3) is 0 Å². The Hall–Kier alpha value is -2.73. The Morgan fingerprint density at radius 1 is 0.615 bits per heavy atom. The van der Waals surface area contributed by atoms with E-state index in [1.165, 1.54) is 0 Å². The van der Waals surface area contributed by atoms with Crippen molar-refractivity contribution in [3.05, 3.63) is 0 Å². The smallest absolute Gasteiger partial charge is 0.309 e. The summed E-state index contributed by atoms with van der Waals surface area (Å²) in [6.45, 7) is -1.35. The minimum atomic E-state index is -1.16. The number of hydrogen-bond donors (Lipinski definition) is 2. The van der Waals surface area contributed by atoms with Gasteiger partial charge in [-0.05, 0) is 6.42 Å². The normalized spacial score (nSPS) is 9.88. The molecule has 0 heterocycles. The minimum absolute atomic E-state index is 0.0321. The van der Waals surface area contributed by atoms with Crippen LogP contribution in [0.15, 0.2) is 0 Å². The molecule has 0 saturated carbocycles. The zero-order valence-electron chi connectivity index (χ0n) is 13.8. The van der Waals surface area contributed by atoms with Gasteiger partial charge in [0, 0.05) is 6.42 Å². The summed E-state index contributed by atoms with van der Waals surface area (Å²) in [5.74, 6) is -4.31. The van der Waals surface area contributed by atoms with E-state index in [1.54, 1.807) is 0 Å². The van der Waals surface area contributed by atoms with Crippen molar-refractivity contribution in [1.29, 1.82) is 0 Å². The summed E-state index contributed by atoms with van der Waals surface area (Å²) >= 11 is 0. The fraction of sp³-hybridized carbons (Fsp3) is 0.643. The molecule has 0 unspecified atom stereocenters. The Balaban J connectivity index is 3.66. The number of ether oxygens (including phenoxy) is 4. The van der Waals surface area contributed by atoms with Crippen molar-refractivity contribution in [1.82, 2.24) is 0 Å². The monoisotopic (exact) mass is 380 g/mol. The molecule has 0 rings (SSSR count). The molecule has 0 aromatic carbocycles. The Kier molecular flexibility index (Phi) is 13.1. The number of carboxylic acids is 1. The van der Waals surface area contributed by atoms with Crippen LogP contribution in [0.2, 0.25) is 0 Å². The van der Waals surface area contributed by atoms with Crippen LogP contribution >= 0.6 is 0 Å². The van der Waals surface area contributed by atoms with Gasteiger partial charge in [-0.1, -0.05) is 0 Å². The van der Waals surface area contributed by atoms with E-state index in [0.717, 1.165) is 0 Å². The van der Waals surface area contributed by atoms with Crippen molar-refractivity contribution in [2.24, 2.45) is 0 Å². The van der Waals surface area contributed by atoms with Gasteiger partial charge in [0.05, 0.1) is 32.3 Å². The van der Waals surface area contributed by atoms with Crippen molar-refractivity contribution in [2.45, 2.75) is 38.5 Å². The van der Waals surface area contributed by atoms with Gasteiger partial charge in [0.25, 0.3) is 0 Å². The summed E-state index contributed by atoms with van der Waals surface area (Å²) in [5.41, 5.74) is 0. The predicted molar refractivity (Wildman–Crippen MR) is 78.0 cm³/mol. The highest BCUT2D eigenvalue weighted by molar-refractivity contribution is 5.78. The Morgan fingerprint density at radius 3 is 1.38 bits per heavy atom. The molecule has 148 valence electrons. The second-order valence-electron chi connectivity index (χ2n) is 4.63. The molecule has 0 amide bonds. The van der Waals surface area contributed by atoms with E-state index in [0.29, 0.717) is 0 Å². The Morgan fingerprint density at radius 2 is 1.00 bits per heavy atom. The van der Waals surface area contributed by atoms with Gasteiger partial charge in [0.15, 0.2) is 0 Å². The van der Waals surface area contributed by atoms with Gasteiger partial charge in [-0.3, -0.25) is 29.2 Å². The summed E-state index contributed by atoms with van der Waals surface area (Å²) in [4.78, 5) is 58.8. The standard InChI is InChI=1S/C14H20O12/c15-10(16)3-4-12(18)23-9-25-14(20)6-5-13(19)24-8-22-11(17)2-1-7-26-21/h21H,1-9H2,(H,15,16). The van der Waals surface area contributed by atoms with Crippen molar-refractivity contribution in [2.75, 3.05) is 20.2 Å². The predicted octanol–water partition coefficient (Wildman–Crippen LogP) is -0.0110. The molecule has 0 bridgehead atoms. The van der Waals surface area contributed by atoms with Crippen molar-refractivity contribution in [3.63, 3.8) is 0 Å². The maximum Gasteiger partial charge on any atom is 0.309 e. The highest BCUT2D eigenvalue weighted by Gasteiger charge is 2.12. The number of carboxylic acid groups (broad SMARTS) is 1. The number of carbonyl (C=O) groups excluding carboxylic acids is 4. The quantitative estimate of drug-likeness (QED) is 0.136. The molecule has 0 aliphatic heterocycles. The molecule has 0 spiro atoms. The second-order valence-corrected chi connectivity index (χ2v) is 4.63. The average molecular weight is 380 g/mol. The van der Waals surface area contributed by atoms with E-state index in [4.69, 9.17) is 10.4 Å². The molecule has 12 heteroatoms. The van der Waals surface area contributed by atoms with E-state index >= 15 is 0 Å². The Labute approximate surface area is 147 Å². The number of esters is 4. The first-order chi connectivity index (χ1) is 12.3. The lowest BCUT2D eigenvalue weighted by molar-refractivity contribution is -0.243. The molecule has 0 atom stereocenters. The maximum absolute atomic E-state index is 11.3. The second kappa shape index (κ2) is 14.6. The van der Waals surface area contributed by atoms with Gasteiger partial charge in [0.2, 0.25) is 13.6 Å². The van der Waals surface area contributed by atoms with Crippen LogP contribution in [-0.2, 0) is 47.8 Å². The van der Waals surface area contributed by atoms with E-state index in [1.807, 2.05) is 0 Å². The van der Waals surface area contributed by atoms with E-state index in [-0.39, 0.29) is 38.7 Å². The zero-order valence-corrected chi connectivity index (χ0v) is 13.8. The maximum atomic E-state index is 11.3. The lowest BCUT2D eigenvalue weighted by Gasteiger charge is -2.07.